The van der Waals surface area contributed by atoms with Gasteiger partial charge in [0.1, 0.15) is 50.9 Å². The number of ether oxygens (including phenoxy) is 6. The van der Waals surface area contributed by atoms with Crippen molar-refractivity contribution in [1.29, 1.82) is 0 Å². The predicted octanol–water partition coefficient (Wildman–Crippen LogP) is 17.5. The summed E-state index contributed by atoms with van der Waals surface area (Å²) in [6.07, 6.45) is -9.77. The Morgan fingerprint density at radius 1 is 0.583 bits per heavy atom. The van der Waals surface area contributed by atoms with Crippen LogP contribution in [0.5, 0.6) is 11.8 Å². The Bertz CT molecular complexity index is 4800. The molecule has 0 bridgehead atoms. The maximum absolute atomic E-state index is 14.6. The third kappa shape index (κ3) is 21.5. The van der Waals surface area contributed by atoms with Crippen LogP contribution in [0.4, 0.5) is 35.9 Å². The topological polar surface area (TPSA) is 253 Å². The molecule has 0 saturated carbocycles. The molecule has 574 valence electrons. The maximum atomic E-state index is 14.6. The zero-order valence-electron chi connectivity index (χ0n) is 61.1. The number of hydrogen-bond acceptors (Lipinski definition) is 20. The van der Waals surface area contributed by atoms with E-state index in [1.807, 2.05) is 52.0 Å². The minimum absolute atomic E-state index is 0.117. The summed E-state index contributed by atoms with van der Waals surface area (Å²) in [5, 5.41) is 17.7. The lowest BCUT2D eigenvalue weighted by molar-refractivity contribution is -0.198. The van der Waals surface area contributed by atoms with Crippen LogP contribution < -0.4 is 25.6 Å². The molecular formula is C74H78BBrCl2F6N10O12S2. The molecule has 0 radical (unpaired) electrons. The van der Waals surface area contributed by atoms with Gasteiger partial charge >= 0.3 is 43.6 Å². The van der Waals surface area contributed by atoms with Crippen LogP contribution in [0.1, 0.15) is 129 Å². The van der Waals surface area contributed by atoms with Gasteiger partial charge in [0.2, 0.25) is 24.0 Å². The second-order valence-corrected chi connectivity index (χ2v) is 31.1. The first-order valence-electron chi connectivity index (χ1n) is 33.7. The second kappa shape index (κ2) is 34.3. The molecule has 1 aliphatic heterocycles. The molecular weight excluding hydrogens is 1560 g/mol. The number of rotatable bonds is 20. The van der Waals surface area contributed by atoms with Crippen molar-refractivity contribution in [2.75, 3.05) is 13.2 Å². The molecule has 11 rings (SSSR count). The number of carbonyl (C=O) groups is 4. The standard InChI is InChI=1S/C34H33ClF3N5O5S.C22H34BNO6.C18H11BrClF3N4OS/c1-6-46-31(44)25(41-32(45)48-33(3,4)5)15-20-7-9-21(10-8-20)24-17-49-28-27(24)39-18-40-30(28)47-29(34(36,37)38)23-12-11-22(35)16-26(23)43-14-13-19(2)42-43;1-9-27-18(25)17(24-19(26)28-20(2,3)4)14-15-10-12-16(13-11-15)23-29-21(5,6)22(7,8)30-23;1-9-4-5-27(26-9)13-6-10(20)2-3-11(13)16(18(21,22)23)28-17-15-14(24-8-25-17)12(19)7-29-15/h7-14,16-18,25,29H,6,15H2,1-5H3,(H,41,45);10-13,17H,9,14H2,1-8H3,(H,24,26);2-8,16H,1H3/t25-,29+;17-;16-/m001/s1. The van der Waals surface area contributed by atoms with Gasteiger partial charge in [0, 0.05) is 62.7 Å². The van der Waals surface area contributed by atoms with Gasteiger partial charge in [-0.25, -0.2) is 48.5 Å². The Kier molecular flexibility index (Phi) is 26.4. The fourth-order valence-electron chi connectivity index (χ4n) is 10.7. The Morgan fingerprint density at radius 3 is 1.39 bits per heavy atom. The molecule has 10 aromatic rings. The van der Waals surface area contributed by atoms with Gasteiger partial charge in [-0.15, -0.1) is 22.7 Å². The molecule has 2 amide bonds. The molecule has 1 fully saturated rings. The Hall–Kier alpha value is -8.92. The molecule has 108 heavy (non-hydrogen) atoms. The number of aryl methyl sites for hydroxylation is 2. The molecule has 0 unspecified atom stereocenters. The van der Waals surface area contributed by atoms with Crippen LogP contribution in [-0.4, -0.2) is 131 Å². The number of fused-ring (bicyclic) bond motifs is 2. The van der Waals surface area contributed by atoms with Gasteiger partial charge in [0.15, 0.2) is 0 Å². The predicted molar refractivity (Wildman–Crippen MR) is 403 cm³/mol. The summed E-state index contributed by atoms with van der Waals surface area (Å²) >= 11 is 17.9. The zero-order chi connectivity index (χ0) is 79.0. The number of carbonyl (C=O) groups excluding carboxylic acids is 4. The van der Waals surface area contributed by atoms with E-state index < -0.39 is 90.3 Å². The summed E-state index contributed by atoms with van der Waals surface area (Å²) in [5.74, 6) is -1.49. The number of thiophene rings is 2. The number of aromatic nitrogens is 8. The van der Waals surface area contributed by atoms with Crippen molar-refractivity contribution in [2.24, 2.45) is 0 Å². The number of benzene rings is 4. The number of alkyl carbamates (subject to hydrolysis) is 2. The number of halogens is 9. The zero-order valence-corrected chi connectivity index (χ0v) is 65.8. The van der Waals surface area contributed by atoms with Crippen LogP contribution in [0.3, 0.4) is 0 Å². The number of nitrogens with one attached hydrogen (secondary N) is 2. The van der Waals surface area contributed by atoms with E-state index in [4.69, 9.17) is 60.9 Å². The number of hydrogen-bond donors (Lipinski definition) is 2. The van der Waals surface area contributed by atoms with Gasteiger partial charge < -0.3 is 48.4 Å². The van der Waals surface area contributed by atoms with Crippen LogP contribution in [0, 0.1) is 13.8 Å². The third-order valence-corrected chi connectivity index (χ3v) is 19.6. The van der Waals surface area contributed by atoms with Crippen LogP contribution in [0.25, 0.3) is 42.9 Å². The molecule has 7 heterocycles. The molecule has 1 saturated heterocycles. The van der Waals surface area contributed by atoms with E-state index in [0.717, 1.165) is 34.3 Å². The second-order valence-electron chi connectivity index (χ2n) is 27.6. The maximum Gasteiger partial charge on any atom is 0.494 e. The molecule has 4 aromatic carbocycles. The van der Waals surface area contributed by atoms with E-state index >= 15 is 0 Å². The van der Waals surface area contributed by atoms with Crippen LogP contribution in [-0.2, 0) is 50.7 Å². The molecule has 2 N–H and O–H groups in total. The Morgan fingerprint density at radius 2 is 0.991 bits per heavy atom. The highest BCUT2D eigenvalue weighted by atomic mass is 79.9. The third-order valence-electron chi connectivity index (χ3n) is 16.3. The lowest BCUT2D eigenvalue weighted by atomic mass is 9.78. The quantitative estimate of drug-likeness (QED) is 0.0311. The minimum Gasteiger partial charge on any atom is -0.464 e. The fourth-order valence-corrected chi connectivity index (χ4v) is 13.5. The SMILES string of the molecule is CCOC(=O)[C@H](Cc1ccc(-c2csc3c(O[C@H](c4ccc(Cl)cc4-n4ccc(C)n4)C(F)(F)F)ncnc23)cc1)NC(=O)OC(C)(C)C.CCOC(=O)[C@H](Cc1ccc(B2OC(C)(C)C(C)(C)O2)cc1)NC(=O)OC(C)(C)C.Cc1ccn(-c2cc(Cl)ccc2[C@@H](Oc2ncnc3c(Br)csc23)C(F)(F)F)n1. The monoisotopic (exact) mass is 1640 g/mol. The number of alkyl halides is 6. The molecule has 0 aliphatic carbocycles. The molecule has 34 heteroatoms. The van der Waals surface area contributed by atoms with Crippen molar-refractivity contribution in [2.45, 2.75) is 169 Å². The first-order valence-corrected chi connectivity index (χ1v) is 37.0. The van der Waals surface area contributed by atoms with Crippen LogP contribution in [0.15, 0.2) is 137 Å². The highest BCUT2D eigenvalue weighted by Gasteiger charge is 2.52. The highest BCUT2D eigenvalue weighted by Crippen LogP contribution is 2.46. The first-order chi connectivity index (χ1) is 50.6. The van der Waals surface area contributed by atoms with E-state index in [2.05, 4.69) is 56.7 Å². The lowest BCUT2D eigenvalue weighted by Gasteiger charge is -2.32. The van der Waals surface area contributed by atoms with Crippen molar-refractivity contribution >= 4 is 119 Å². The van der Waals surface area contributed by atoms with Crippen molar-refractivity contribution in [3.8, 4) is 34.3 Å². The van der Waals surface area contributed by atoms with Crippen molar-refractivity contribution < 1.29 is 83.3 Å². The smallest absolute Gasteiger partial charge is 0.464 e. The Labute approximate surface area is 645 Å². The van der Waals surface area contributed by atoms with Gasteiger partial charge in [-0.2, -0.15) is 36.5 Å². The molecule has 1 aliphatic rings. The van der Waals surface area contributed by atoms with Gasteiger partial charge in [-0.3, -0.25) is 0 Å². The average Bonchev–Trinajstić information content (AvgIpc) is 1.83. The minimum atomic E-state index is -4.82. The van der Waals surface area contributed by atoms with Gasteiger partial charge in [-0.1, -0.05) is 83.9 Å². The lowest BCUT2D eigenvalue weighted by Crippen LogP contribution is -2.45. The number of nitrogens with zero attached hydrogens (tertiary/aromatic N) is 8. The van der Waals surface area contributed by atoms with Gasteiger partial charge in [-0.05, 0) is 171 Å². The fraction of sp³-hybridized carbons (Fsp3) is 0.378. The van der Waals surface area contributed by atoms with Crippen molar-refractivity contribution in [3.05, 3.63) is 181 Å². The van der Waals surface area contributed by atoms with E-state index in [0.29, 0.717) is 47.4 Å². The van der Waals surface area contributed by atoms with Crippen LogP contribution in [0.2, 0.25) is 10.0 Å². The molecule has 4 atom stereocenters. The highest BCUT2D eigenvalue weighted by molar-refractivity contribution is 9.10. The van der Waals surface area contributed by atoms with E-state index in [-0.39, 0.29) is 70.4 Å². The van der Waals surface area contributed by atoms with Crippen molar-refractivity contribution in [3.63, 3.8) is 0 Å². The molecule has 22 nitrogen and oxygen atoms in total. The molecule has 6 aromatic heterocycles. The number of amides is 2. The average molecular weight is 1640 g/mol. The van der Waals surface area contributed by atoms with E-state index in [9.17, 15) is 45.5 Å². The summed E-state index contributed by atoms with van der Waals surface area (Å²) < 4.78 is 134. The Balaban J connectivity index is 0.000000197. The van der Waals surface area contributed by atoms with Crippen LogP contribution >= 0.6 is 61.8 Å². The first kappa shape index (κ1) is 83.1. The van der Waals surface area contributed by atoms with E-state index in [1.54, 1.807) is 129 Å². The summed E-state index contributed by atoms with van der Waals surface area (Å²) in [7, 11) is -0.454. The normalized spacial score (nSPS) is 14.6. The summed E-state index contributed by atoms with van der Waals surface area (Å²) in [6.45, 7) is 25.7. The number of esters is 2. The van der Waals surface area contributed by atoms with Crippen molar-refractivity contribution in [1.82, 2.24) is 50.1 Å². The largest absolute Gasteiger partial charge is 0.494 e. The molecule has 0 spiro atoms. The summed E-state index contributed by atoms with van der Waals surface area (Å²) in [6, 6.07) is 24.4. The van der Waals surface area contributed by atoms with E-state index in [1.165, 1.54) is 63.4 Å². The summed E-state index contributed by atoms with van der Waals surface area (Å²) in [5.41, 5.74) is 3.72. The van der Waals surface area contributed by atoms with Gasteiger partial charge in [0.25, 0.3) is 0 Å². The van der Waals surface area contributed by atoms with Gasteiger partial charge in [0.05, 0.1) is 57.2 Å². The summed E-state index contributed by atoms with van der Waals surface area (Å²) in [4.78, 5) is 65.9.